The van der Waals surface area contributed by atoms with Crippen LogP contribution in [0.1, 0.15) is 78.1 Å². The fourth-order valence-corrected chi connectivity index (χ4v) is 2.19. The van der Waals surface area contributed by atoms with Crippen molar-refractivity contribution >= 4 is 11.8 Å². The van der Waals surface area contributed by atoms with Crippen LogP contribution in [0.5, 0.6) is 0 Å². The highest BCUT2D eigenvalue weighted by Crippen LogP contribution is 2.05. The maximum atomic E-state index is 11.3. The zero-order chi connectivity index (χ0) is 18.6. The van der Waals surface area contributed by atoms with Gasteiger partial charge in [-0.25, -0.2) is 4.79 Å². The molecule has 6 heteroatoms. The van der Waals surface area contributed by atoms with Crippen molar-refractivity contribution in [1.82, 2.24) is 0 Å². The van der Waals surface area contributed by atoms with Crippen molar-refractivity contribution in [2.24, 2.45) is 0 Å². The molecule has 6 nitrogen and oxygen atoms in total. The summed E-state index contributed by atoms with van der Waals surface area (Å²) in [6, 6.07) is 0. The summed E-state index contributed by atoms with van der Waals surface area (Å²) >= 11 is 0. The monoisotopic (exact) mass is 360 g/mol. The van der Waals surface area contributed by atoms with Crippen LogP contribution in [0.25, 0.3) is 0 Å². The van der Waals surface area contributed by atoms with E-state index in [1.165, 1.54) is 32.1 Å². The van der Waals surface area contributed by atoms with Gasteiger partial charge in [0.1, 0.15) is 12.4 Å². The molecule has 0 bridgehead atoms. The summed E-state index contributed by atoms with van der Waals surface area (Å²) in [4.78, 5) is 31.5. The van der Waals surface area contributed by atoms with Gasteiger partial charge in [0.2, 0.25) is 0 Å². The average Bonchev–Trinajstić information content (AvgIpc) is 2.59. The Morgan fingerprint density at radius 1 is 0.680 bits per heavy atom. The molecule has 0 rings (SSSR count). The summed E-state index contributed by atoms with van der Waals surface area (Å²) in [6.45, 7) is 6.20. The van der Waals surface area contributed by atoms with Crippen molar-refractivity contribution in [3.8, 4) is 0 Å². The maximum absolute atomic E-state index is 11.3. The SMILES string of the molecule is CCCCCCCCOCCOCCOOC(=O)CCCCC(C)=O. The first-order chi connectivity index (χ1) is 12.2. The number of hydrogen-bond acceptors (Lipinski definition) is 6. The second kappa shape index (κ2) is 19.3. The Morgan fingerprint density at radius 2 is 1.28 bits per heavy atom. The number of carbonyl (C=O) groups is 2. The number of hydrogen-bond donors (Lipinski definition) is 0. The van der Waals surface area contributed by atoms with E-state index >= 15 is 0 Å². The molecule has 0 fully saturated rings. The molecule has 0 aromatic rings. The lowest BCUT2D eigenvalue weighted by molar-refractivity contribution is -0.276. The third-order valence-electron chi connectivity index (χ3n) is 3.64. The fourth-order valence-electron chi connectivity index (χ4n) is 2.19. The Balaban J connectivity index is 3.13. The lowest BCUT2D eigenvalue weighted by Crippen LogP contribution is -2.12. The first-order valence-electron chi connectivity index (χ1n) is 9.64. The Bertz CT molecular complexity index is 319. The van der Waals surface area contributed by atoms with Gasteiger partial charge in [-0.05, 0) is 26.2 Å². The number of unbranched alkanes of at least 4 members (excludes halogenated alkanes) is 6. The molecular weight excluding hydrogens is 324 g/mol. The predicted molar refractivity (Wildman–Crippen MR) is 96.2 cm³/mol. The minimum atomic E-state index is -0.411. The van der Waals surface area contributed by atoms with Crippen LogP contribution >= 0.6 is 0 Å². The minimum absolute atomic E-state index is 0.137. The van der Waals surface area contributed by atoms with Crippen LogP contribution < -0.4 is 0 Å². The van der Waals surface area contributed by atoms with E-state index < -0.39 is 5.97 Å². The second-order valence-corrected chi connectivity index (χ2v) is 6.18. The van der Waals surface area contributed by atoms with E-state index in [0.717, 1.165) is 13.0 Å². The lowest BCUT2D eigenvalue weighted by Gasteiger charge is -2.06. The van der Waals surface area contributed by atoms with E-state index in [1.54, 1.807) is 6.92 Å². The summed E-state index contributed by atoms with van der Waals surface area (Å²) in [7, 11) is 0. The van der Waals surface area contributed by atoms with Crippen LogP contribution in [-0.4, -0.2) is 44.8 Å². The number of Topliss-reactive ketones (excluding diaryl/α,β-unsaturated/α-hetero) is 1. The molecular formula is C19H36O6. The molecule has 0 aliphatic carbocycles. The molecule has 148 valence electrons. The van der Waals surface area contributed by atoms with E-state index in [4.69, 9.17) is 14.4 Å². The van der Waals surface area contributed by atoms with Crippen LogP contribution in [0, 0.1) is 0 Å². The van der Waals surface area contributed by atoms with Crippen molar-refractivity contribution in [1.29, 1.82) is 0 Å². The highest BCUT2D eigenvalue weighted by molar-refractivity contribution is 5.75. The van der Waals surface area contributed by atoms with E-state index in [9.17, 15) is 9.59 Å². The number of ether oxygens (including phenoxy) is 2. The minimum Gasteiger partial charge on any atom is -0.379 e. The predicted octanol–water partition coefficient (Wildman–Crippen LogP) is 4.00. The number of ketones is 1. The van der Waals surface area contributed by atoms with Gasteiger partial charge < -0.3 is 14.3 Å². The molecule has 25 heavy (non-hydrogen) atoms. The molecule has 0 saturated carbocycles. The normalized spacial score (nSPS) is 10.8. The molecule has 0 amide bonds. The quantitative estimate of drug-likeness (QED) is 0.197. The molecule has 0 aliphatic rings. The zero-order valence-corrected chi connectivity index (χ0v) is 16.1. The average molecular weight is 360 g/mol. The third kappa shape index (κ3) is 21.0. The molecule has 0 atom stereocenters. The zero-order valence-electron chi connectivity index (χ0n) is 16.1. The van der Waals surface area contributed by atoms with Gasteiger partial charge in [-0.2, -0.15) is 4.89 Å². The van der Waals surface area contributed by atoms with Crippen LogP contribution in [0.15, 0.2) is 0 Å². The third-order valence-corrected chi connectivity index (χ3v) is 3.64. The Morgan fingerprint density at radius 3 is 2.00 bits per heavy atom. The van der Waals surface area contributed by atoms with Gasteiger partial charge in [-0.15, -0.1) is 0 Å². The Kier molecular flexibility index (Phi) is 18.6. The van der Waals surface area contributed by atoms with Crippen LogP contribution in [-0.2, 0) is 28.8 Å². The fraction of sp³-hybridized carbons (Fsp3) is 0.895. The van der Waals surface area contributed by atoms with Gasteiger partial charge in [-0.3, -0.25) is 4.89 Å². The van der Waals surface area contributed by atoms with Gasteiger partial charge in [0.25, 0.3) is 0 Å². The number of rotatable bonds is 19. The molecule has 0 saturated heterocycles. The first-order valence-corrected chi connectivity index (χ1v) is 9.64. The lowest BCUT2D eigenvalue weighted by atomic mass is 10.1. The van der Waals surface area contributed by atoms with Crippen LogP contribution in [0.2, 0.25) is 0 Å². The van der Waals surface area contributed by atoms with Crippen molar-refractivity contribution in [2.75, 3.05) is 33.0 Å². The van der Waals surface area contributed by atoms with Gasteiger partial charge in [-0.1, -0.05) is 39.0 Å². The second-order valence-electron chi connectivity index (χ2n) is 6.18. The summed E-state index contributed by atoms with van der Waals surface area (Å²) < 4.78 is 10.8. The topological polar surface area (TPSA) is 71.1 Å². The highest BCUT2D eigenvalue weighted by Gasteiger charge is 2.04. The van der Waals surface area contributed by atoms with Gasteiger partial charge in [0.15, 0.2) is 0 Å². The van der Waals surface area contributed by atoms with Crippen molar-refractivity contribution in [2.45, 2.75) is 78.1 Å². The van der Waals surface area contributed by atoms with E-state index in [0.29, 0.717) is 39.1 Å². The van der Waals surface area contributed by atoms with E-state index in [2.05, 4.69) is 11.8 Å². The summed E-state index contributed by atoms with van der Waals surface area (Å²) in [5.41, 5.74) is 0. The van der Waals surface area contributed by atoms with Crippen molar-refractivity contribution < 1.29 is 28.8 Å². The van der Waals surface area contributed by atoms with E-state index in [-0.39, 0.29) is 18.8 Å². The van der Waals surface area contributed by atoms with Crippen molar-refractivity contribution in [3.63, 3.8) is 0 Å². The van der Waals surface area contributed by atoms with Crippen molar-refractivity contribution in [3.05, 3.63) is 0 Å². The maximum Gasteiger partial charge on any atom is 0.342 e. The van der Waals surface area contributed by atoms with Gasteiger partial charge in [0.05, 0.1) is 19.8 Å². The largest absolute Gasteiger partial charge is 0.379 e. The summed E-state index contributed by atoms with van der Waals surface area (Å²) in [5, 5.41) is 0. The van der Waals surface area contributed by atoms with Gasteiger partial charge >= 0.3 is 5.97 Å². The molecule has 0 N–H and O–H groups in total. The van der Waals surface area contributed by atoms with E-state index in [1.807, 2.05) is 0 Å². The summed E-state index contributed by atoms with van der Waals surface area (Å²) in [5.74, 6) is -0.274. The highest BCUT2D eigenvalue weighted by atomic mass is 17.2. The van der Waals surface area contributed by atoms with Crippen LogP contribution in [0.3, 0.4) is 0 Å². The molecule has 0 aromatic carbocycles. The molecule has 0 aliphatic heterocycles. The first kappa shape index (κ1) is 24.0. The Labute approximate surface area is 152 Å². The number of carbonyl (C=O) groups excluding carboxylic acids is 2. The molecule has 0 radical (unpaired) electrons. The Hall–Kier alpha value is -0.980. The molecule has 0 unspecified atom stereocenters. The molecule has 0 spiro atoms. The summed E-state index contributed by atoms with van der Waals surface area (Å²) in [6.07, 6.45) is 9.65. The molecule has 0 heterocycles. The van der Waals surface area contributed by atoms with Crippen LogP contribution in [0.4, 0.5) is 0 Å². The van der Waals surface area contributed by atoms with Gasteiger partial charge in [0, 0.05) is 19.4 Å². The standard InChI is InChI=1S/C19H36O6/c1-3-4-5-6-7-10-13-22-14-15-23-16-17-24-25-19(21)12-9-8-11-18(2)20/h3-17H2,1-2H3. The smallest absolute Gasteiger partial charge is 0.342 e. The molecule has 0 aromatic heterocycles.